The molecular formula is C18H17BrN4O3. The molecule has 1 aromatic heterocycles. The molecule has 7 nitrogen and oxygen atoms in total. The van der Waals surface area contributed by atoms with E-state index in [0.29, 0.717) is 23.5 Å². The molecule has 2 aliphatic heterocycles. The van der Waals surface area contributed by atoms with Gasteiger partial charge in [0.05, 0.1) is 12.2 Å². The van der Waals surface area contributed by atoms with Gasteiger partial charge in [-0.05, 0) is 33.6 Å². The maximum atomic E-state index is 12.5. The fraction of sp³-hybridized carbons (Fsp3) is 0.278. The fourth-order valence-electron chi connectivity index (χ4n) is 3.22. The summed E-state index contributed by atoms with van der Waals surface area (Å²) in [7, 11) is 0. The number of halogens is 1. The molecule has 1 N–H and O–H groups in total. The summed E-state index contributed by atoms with van der Waals surface area (Å²) in [4.78, 5) is 32.7. The molecule has 0 saturated carbocycles. The normalized spacial score (nSPS) is 18.7. The van der Waals surface area contributed by atoms with E-state index in [1.54, 1.807) is 4.90 Å². The first-order chi connectivity index (χ1) is 12.6. The molecule has 4 rings (SSSR count). The zero-order chi connectivity index (χ0) is 18.1. The number of hydrogen-bond donors (Lipinski definition) is 1. The minimum atomic E-state index is -0.441. The second kappa shape index (κ2) is 6.95. The lowest BCUT2D eigenvalue weighted by Gasteiger charge is -2.44. The summed E-state index contributed by atoms with van der Waals surface area (Å²) in [6, 6.07) is 12.8. The summed E-state index contributed by atoms with van der Waals surface area (Å²) in [6.45, 7) is 1.55. The number of ether oxygens (including phenoxy) is 1. The van der Waals surface area contributed by atoms with E-state index in [0.717, 1.165) is 11.3 Å². The Morgan fingerprint density at radius 2 is 2.04 bits per heavy atom. The van der Waals surface area contributed by atoms with Crippen molar-refractivity contribution in [2.24, 2.45) is 0 Å². The van der Waals surface area contributed by atoms with Crippen LogP contribution in [0.3, 0.4) is 0 Å². The summed E-state index contributed by atoms with van der Waals surface area (Å²) in [5.41, 5.74) is 1.80. The topological polar surface area (TPSA) is 74.8 Å². The number of fused-ring (bicyclic) bond motifs is 3. The Morgan fingerprint density at radius 1 is 1.23 bits per heavy atom. The van der Waals surface area contributed by atoms with Crippen LogP contribution in [0, 0.1) is 0 Å². The summed E-state index contributed by atoms with van der Waals surface area (Å²) in [5.74, 6) is 0.379. The Balaban J connectivity index is 1.43. The third-order valence-electron chi connectivity index (χ3n) is 4.54. The molecule has 134 valence electrons. The van der Waals surface area contributed by atoms with Crippen molar-refractivity contribution in [1.29, 1.82) is 0 Å². The zero-order valence-electron chi connectivity index (χ0n) is 13.9. The summed E-state index contributed by atoms with van der Waals surface area (Å²) in [6.07, 6.45) is -0.402. The van der Waals surface area contributed by atoms with Crippen molar-refractivity contribution in [2.75, 3.05) is 29.9 Å². The van der Waals surface area contributed by atoms with E-state index in [9.17, 15) is 9.59 Å². The molecule has 1 unspecified atom stereocenters. The molecule has 0 spiro atoms. The van der Waals surface area contributed by atoms with Gasteiger partial charge < -0.3 is 19.9 Å². The van der Waals surface area contributed by atoms with Crippen molar-refractivity contribution in [3.63, 3.8) is 0 Å². The van der Waals surface area contributed by atoms with Gasteiger partial charge in [-0.1, -0.05) is 30.3 Å². The van der Waals surface area contributed by atoms with Crippen molar-refractivity contribution >= 4 is 39.4 Å². The standard InChI is InChI=1S/C18H17BrN4O3/c19-15-7-6-13-16(20-15)21-17(24)14-10-22(8-9-23(13)14)18(25)26-11-12-4-2-1-3-5-12/h1-7,14H,8-11H2,(H,20,21,24). The lowest BCUT2D eigenvalue weighted by molar-refractivity contribution is -0.118. The highest BCUT2D eigenvalue weighted by molar-refractivity contribution is 9.10. The van der Waals surface area contributed by atoms with Gasteiger partial charge in [0.2, 0.25) is 5.91 Å². The van der Waals surface area contributed by atoms with Crippen LogP contribution in [0.1, 0.15) is 5.56 Å². The number of nitrogens with zero attached hydrogens (tertiary/aromatic N) is 3. The molecule has 2 amide bonds. The molecule has 1 fully saturated rings. The molecule has 3 heterocycles. The maximum Gasteiger partial charge on any atom is 0.410 e. The number of rotatable bonds is 2. The lowest BCUT2D eigenvalue weighted by atomic mass is 10.1. The van der Waals surface area contributed by atoms with E-state index >= 15 is 0 Å². The van der Waals surface area contributed by atoms with E-state index in [-0.39, 0.29) is 19.1 Å². The van der Waals surface area contributed by atoms with E-state index in [2.05, 4.69) is 26.2 Å². The molecule has 2 aromatic rings. The number of aromatic nitrogens is 1. The molecule has 1 saturated heterocycles. The van der Waals surface area contributed by atoms with Gasteiger partial charge in [0, 0.05) is 13.1 Å². The molecule has 1 aromatic carbocycles. The second-order valence-corrected chi connectivity index (χ2v) is 7.00. The molecule has 8 heteroatoms. The van der Waals surface area contributed by atoms with Gasteiger partial charge in [0.15, 0.2) is 5.82 Å². The average Bonchev–Trinajstić information content (AvgIpc) is 2.66. The Bertz CT molecular complexity index is 846. The highest BCUT2D eigenvalue weighted by Gasteiger charge is 2.39. The predicted octanol–water partition coefficient (Wildman–Crippen LogP) is 2.62. The van der Waals surface area contributed by atoms with Crippen LogP contribution in [0.25, 0.3) is 0 Å². The van der Waals surface area contributed by atoms with Gasteiger partial charge in [-0.2, -0.15) is 0 Å². The van der Waals surface area contributed by atoms with Crippen molar-refractivity contribution < 1.29 is 14.3 Å². The molecule has 1 atom stereocenters. The highest BCUT2D eigenvalue weighted by Crippen LogP contribution is 2.33. The summed E-state index contributed by atoms with van der Waals surface area (Å²) < 4.78 is 6.05. The van der Waals surface area contributed by atoms with Crippen LogP contribution in [-0.2, 0) is 16.1 Å². The SMILES string of the molecule is O=C1Nc2nc(Br)ccc2N2CCN(C(=O)OCc3ccccc3)CC12. The van der Waals surface area contributed by atoms with Crippen molar-refractivity contribution in [1.82, 2.24) is 9.88 Å². The van der Waals surface area contributed by atoms with E-state index in [1.165, 1.54) is 0 Å². The zero-order valence-corrected chi connectivity index (χ0v) is 15.5. The number of nitrogens with one attached hydrogen (secondary N) is 1. The first-order valence-electron chi connectivity index (χ1n) is 8.31. The van der Waals surface area contributed by atoms with Gasteiger partial charge in [-0.3, -0.25) is 4.79 Å². The number of carbonyl (C=O) groups is 2. The van der Waals surface area contributed by atoms with E-state index in [1.807, 2.05) is 47.4 Å². The third-order valence-corrected chi connectivity index (χ3v) is 4.98. The molecular weight excluding hydrogens is 400 g/mol. The monoisotopic (exact) mass is 416 g/mol. The predicted molar refractivity (Wildman–Crippen MR) is 99.9 cm³/mol. The van der Waals surface area contributed by atoms with Gasteiger partial charge >= 0.3 is 6.09 Å². The van der Waals surface area contributed by atoms with Crippen LogP contribution in [0.5, 0.6) is 0 Å². The number of benzene rings is 1. The van der Waals surface area contributed by atoms with Crippen LogP contribution in [0.15, 0.2) is 47.1 Å². The van der Waals surface area contributed by atoms with Crippen LogP contribution in [0.2, 0.25) is 0 Å². The van der Waals surface area contributed by atoms with Crippen LogP contribution >= 0.6 is 15.9 Å². The highest BCUT2D eigenvalue weighted by atomic mass is 79.9. The number of carbonyl (C=O) groups excluding carboxylic acids is 2. The van der Waals surface area contributed by atoms with Gasteiger partial charge in [0.25, 0.3) is 0 Å². The van der Waals surface area contributed by atoms with Crippen molar-refractivity contribution in [3.8, 4) is 0 Å². The molecule has 26 heavy (non-hydrogen) atoms. The van der Waals surface area contributed by atoms with Crippen molar-refractivity contribution in [3.05, 3.63) is 52.6 Å². The second-order valence-electron chi connectivity index (χ2n) is 6.19. The number of pyridine rings is 1. The van der Waals surface area contributed by atoms with Gasteiger partial charge in [-0.15, -0.1) is 0 Å². The fourth-order valence-corrected chi connectivity index (χ4v) is 3.53. The van der Waals surface area contributed by atoms with Gasteiger partial charge in [-0.25, -0.2) is 9.78 Å². The van der Waals surface area contributed by atoms with Crippen LogP contribution in [0.4, 0.5) is 16.3 Å². The molecule has 0 bridgehead atoms. The molecule has 0 aliphatic carbocycles. The third kappa shape index (κ3) is 3.24. The molecule has 2 aliphatic rings. The minimum Gasteiger partial charge on any atom is -0.445 e. The lowest BCUT2D eigenvalue weighted by Crippen LogP contribution is -2.61. The Kier molecular flexibility index (Phi) is 4.50. The quantitative estimate of drug-likeness (QED) is 0.761. The number of anilines is 2. The summed E-state index contributed by atoms with van der Waals surface area (Å²) >= 11 is 3.31. The van der Waals surface area contributed by atoms with Crippen LogP contribution in [-0.4, -0.2) is 47.6 Å². The maximum absolute atomic E-state index is 12.5. The first-order valence-corrected chi connectivity index (χ1v) is 9.11. The van der Waals surface area contributed by atoms with E-state index < -0.39 is 12.1 Å². The smallest absolute Gasteiger partial charge is 0.410 e. The molecule has 0 radical (unpaired) electrons. The largest absolute Gasteiger partial charge is 0.445 e. The van der Waals surface area contributed by atoms with Crippen LogP contribution < -0.4 is 10.2 Å². The van der Waals surface area contributed by atoms with E-state index in [4.69, 9.17) is 4.74 Å². The number of piperazine rings is 1. The van der Waals surface area contributed by atoms with Crippen molar-refractivity contribution in [2.45, 2.75) is 12.6 Å². The number of hydrogen-bond acceptors (Lipinski definition) is 5. The first kappa shape index (κ1) is 16.8. The average molecular weight is 417 g/mol. The number of amides is 2. The Hall–Kier alpha value is -2.61. The Morgan fingerprint density at radius 3 is 2.85 bits per heavy atom. The summed E-state index contributed by atoms with van der Waals surface area (Å²) in [5, 5.41) is 2.82. The van der Waals surface area contributed by atoms with Gasteiger partial charge in [0.1, 0.15) is 17.3 Å². The Labute approximate surface area is 159 Å². The minimum absolute atomic E-state index is 0.163.